The Morgan fingerprint density at radius 2 is 1.71 bits per heavy atom. The van der Waals surface area contributed by atoms with Gasteiger partial charge in [-0.15, -0.1) is 0 Å². The van der Waals surface area contributed by atoms with Crippen molar-refractivity contribution in [2.75, 3.05) is 33.1 Å². The van der Waals surface area contributed by atoms with E-state index in [1.807, 2.05) is 69.4 Å². The number of hydrogen-bond donors (Lipinski definition) is 2. The summed E-state index contributed by atoms with van der Waals surface area (Å²) in [7, 11) is 5.28. The average Bonchev–Trinajstić information content (AvgIpc) is 2.69. The Hall–Kier alpha value is -2.86. The van der Waals surface area contributed by atoms with Crippen LogP contribution in [0.4, 0.5) is 5.69 Å². The van der Waals surface area contributed by atoms with E-state index in [1.54, 1.807) is 14.2 Å². The van der Waals surface area contributed by atoms with Crippen molar-refractivity contribution >= 4 is 17.5 Å². The topological polar surface area (TPSA) is 63.1 Å². The maximum atomic E-state index is 12.7. The lowest BCUT2D eigenvalue weighted by molar-refractivity contribution is -0.908. The summed E-state index contributed by atoms with van der Waals surface area (Å²) in [5, 5.41) is 2.82. The molecule has 0 aliphatic heterocycles. The number of anilines is 1. The monoisotopic (exact) mass is 384 g/mol. The molecule has 2 N–H and O–H groups in total. The summed E-state index contributed by atoms with van der Waals surface area (Å²) < 4.78 is 5.17. The summed E-state index contributed by atoms with van der Waals surface area (Å²) in [6.45, 7) is 4.60. The van der Waals surface area contributed by atoms with Gasteiger partial charge >= 0.3 is 0 Å². The first-order valence-corrected chi connectivity index (χ1v) is 9.37. The van der Waals surface area contributed by atoms with Crippen molar-refractivity contribution in [1.82, 2.24) is 4.90 Å². The first kappa shape index (κ1) is 21.4. The van der Waals surface area contributed by atoms with Crippen LogP contribution in [0.1, 0.15) is 18.1 Å². The Morgan fingerprint density at radius 3 is 2.29 bits per heavy atom. The third-order valence-corrected chi connectivity index (χ3v) is 4.84. The van der Waals surface area contributed by atoms with Gasteiger partial charge in [-0.25, -0.2) is 0 Å². The SMILES string of the molecule is COc1ccc(C[NH+](C)[C@H](C)C(=O)N(C)CC(=O)Nc2ccc(C)cc2)cc1. The van der Waals surface area contributed by atoms with Gasteiger partial charge in [0, 0.05) is 18.3 Å². The fourth-order valence-electron chi connectivity index (χ4n) is 2.89. The van der Waals surface area contributed by atoms with Gasteiger partial charge in [-0.2, -0.15) is 0 Å². The van der Waals surface area contributed by atoms with Crippen molar-refractivity contribution in [1.29, 1.82) is 0 Å². The van der Waals surface area contributed by atoms with Gasteiger partial charge in [0.15, 0.2) is 6.04 Å². The number of rotatable bonds is 8. The molecule has 6 heteroatoms. The maximum Gasteiger partial charge on any atom is 0.280 e. The number of benzene rings is 2. The number of carbonyl (C=O) groups excluding carboxylic acids is 2. The molecule has 2 rings (SSSR count). The fourth-order valence-corrected chi connectivity index (χ4v) is 2.89. The lowest BCUT2D eigenvalue weighted by Gasteiger charge is -2.25. The highest BCUT2D eigenvalue weighted by Crippen LogP contribution is 2.10. The van der Waals surface area contributed by atoms with Crippen LogP contribution in [0.3, 0.4) is 0 Å². The Bertz CT molecular complexity index is 788. The molecule has 6 nitrogen and oxygen atoms in total. The van der Waals surface area contributed by atoms with Crippen LogP contribution in [0.15, 0.2) is 48.5 Å². The van der Waals surface area contributed by atoms with Crippen molar-refractivity contribution in [3.8, 4) is 5.75 Å². The lowest BCUT2D eigenvalue weighted by Crippen LogP contribution is -3.12. The van der Waals surface area contributed by atoms with E-state index < -0.39 is 0 Å². The minimum Gasteiger partial charge on any atom is -0.497 e. The van der Waals surface area contributed by atoms with E-state index in [-0.39, 0.29) is 24.4 Å². The van der Waals surface area contributed by atoms with E-state index in [0.717, 1.165) is 27.5 Å². The van der Waals surface area contributed by atoms with E-state index >= 15 is 0 Å². The summed E-state index contributed by atoms with van der Waals surface area (Å²) >= 11 is 0. The molecule has 150 valence electrons. The van der Waals surface area contributed by atoms with E-state index in [4.69, 9.17) is 4.74 Å². The summed E-state index contributed by atoms with van der Waals surface area (Å²) in [4.78, 5) is 27.5. The van der Waals surface area contributed by atoms with E-state index in [0.29, 0.717) is 6.54 Å². The Kier molecular flexibility index (Phi) is 7.58. The third kappa shape index (κ3) is 6.09. The van der Waals surface area contributed by atoms with Crippen LogP contribution in [-0.2, 0) is 16.1 Å². The van der Waals surface area contributed by atoms with Crippen LogP contribution in [0.25, 0.3) is 0 Å². The van der Waals surface area contributed by atoms with Gasteiger partial charge in [-0.05, 0) is 50.2 Å². The molecule has 1 unspecified atom stereocenters. The number of carbonyl (C=O) groups is 2. The highest BCUT2D eigenvalue weighted by molar-refractivity contribution is 5.94. The molecule has 2 aromatic carbocycles. The molecule has 2 amide bonds. The zero-order chi connectivity index (χ0) is 20.7. The number of ether oxygens (including phenoxy) is 1. The van der Waals surface area contributed by atoms with Crippen LogP contribution in [0.5, 0.6) is 5.75 Å². The number of methoxy groups -OCH3 is 1. The third-order valence-electron chi connectivity index (χ3n) is 4.84. The van der Waals surface area contributed by atoms with Crippen molar-refractivity contribution in [2.45, 2.75) is 26.4 Å². The Morgan fingerprint density at radius 1 is 1.11 bits per heavy atom. The smallest absolute Gasteiger partial charge is 0.280 e. The number of aryl methyl sites for hydroxylation is 1. The number of likely N-dealkylation sites (N-methyl/N-ethyl adjacent to an activating group) is 2. The van der Waals surface area contributed by atoms with Crippen molar-refractivity contribution in [3.05, 3.63) is 59.7 Å². The first-order chi connectivity index (χ1) is 13.3. The standard InChI is InChI=1S/C22H29N3O3/c1-16-6-10-19(11-7-16)23-21(26)15-25(4)22(27)17(2)24(3)14-18-8-12-20(28-5)13-9-18/h6-13,17H,14-15H2,1-5H3,(H,23,26)/p+1/t17-/m1/s1. The molecule has 0 aliphatic rings. The summed E-state index contributed by atoms with van der Waals surface area (Å²) in [5.74, 6) is 0.537. The van der Waals surface area contributed by atoms with Gasteiger partial charge in [0.05, 0.1) is 20.7 Å². The molecule has 0 heterocycles. The molecule has 0 saturated heterocycles. The largest absolute Gasteiger partial charge is 0.497 e. The highest BCUT2D eigenvalue weighted by Gasteiger charge is 2.26. The number of quaternary nitrogens is 1. The molecule has 0 saturated carbocycles. The molecular weight excluding hydrogens is 354 g/mol. The highest BCUT2D eigenvalue weighted by atomic mass is 16.5. The van der Waals surface area contributed by atoms with Crippen LogP contribution >= 0.6 is 0 Å². The van der Waals surface area contributed by atoms with Crippen molar-refractivity contribution in [3.63, 3.8) is 0 Å². The zero-order valence-corrected chi connectivity index (χ0v) is 17.3. The summed E-state index contributed by atoms with van der Waals surface area (Å²) in [6, 6.07) is 15.1. The van der Waals surface area contributed by atoms with Gasteiger partial charge in [0.2, 0.25) is 5.91 Å². The number of amides is 2. The predicted octanol–water partition coefficient (Wildman–Crippen LogP) is 1.50. The molecule has 0 fully saturated rings. The number of nitrogens with zero attached hydrogens (tertiary/aromatic N) is 1. The number of hydrogen-bond acceptors (Lipinski definition) is 3. The number of nitrogens with one attached hydrogen (secondary N) is 2. The predicted molar refractivity (Wildman–Crippen MR) is 110 cm³/mol. The lowest BCUT2D eigenvalue weighted by atomic mass is 10.1. The zero-order valence-electron chi connectivity index (χ0n) is 17.3. The molecule has 28 heavy (non-hydrogen) atoms. The molecular formula is C22H30N3O3+. The van der Waals surface area contributed by atoms with Crippen molar-refractivity contribution < 1.29 is 19.2 Å². The molecule has 2 aromatic rings. The molecule has 2 atom stereocenters. The molecule has 0 aliphatic carbocycles. The van der Waals surface area contributed by atoms with Crippen molar-refractivity contribution in [2.24, 2.45) is 0 Å². The maximum absolute atomic E-state index is 12.7. The average molecular weight is 385 g/mol. The molecule has 0 bridgehead atoms. The molecule has 0 aromatic heterocycles. The van der Waals surface area contributed by atoms with Gasteiger partial charge in [0.25, 0.3) is 5.91 Å². The van der Waals surface area contributed by atoms with Crippen LogP contribution in [0.2, 0.25) is 0 Å². The van der Waals surface area contributed by atoms with Gasteiger partial charge < -0.3 is 19.9 Å². The van der Waals surface area contributed by atoms with Gasteiger partial charge in [-0.3, -0.25) is 9.59 Å². The van der Waals surface area contributed by atoms with E-state index in [1.165, 1.54) is 4.90 Å². The second-order valence-corrected chi connectivity index (χ2v) is 7.20. The quantitative estimate of drug-likeness (QED) is 0.725. The minimum atomic E-state index is -0.265. The van der Waals surface area contributed by atoms with Crippen LogP contribution in [-0.4, -0.2) is 50.5 Å². The van der Waals surface area contributed by atoms with E-state index in [9.17, 15) is 9.59 Å². The van der Waals surface area contributed by atoms with Gasteiger partial charge in [0.1, 0.15) is 12.3 Å². The second kappa shape index (κ2) is 9.90. The molecule has 0 spiro atoms. The van der Waals surface area contributed by atoms with Gasteiger partial charge in [-0.1, -0.05) is 17.7 Å². The summed E-state index contributed by atoms with van der Waals surface area (Å²) in [6.07, 6.45) is 0. The Balaban J connectivity index is 1.87. The summed E-state index contributed by atoms with van der Waals surface area (Å²) in [5.41, 5.74) is 2.98. The normalized spacial score (nSPS) is 12.8. The molecule has 0 radical (unpaired) electrons. The van der Waals surface area contributed by atoms with Crippen LogP contribution in [0, 0.1) is 6.92 Å². The van der Waals surface area contributed by atoms with Crippen LogP contribution < -0.4 is 15.0 Å². The fraction of sp³-hybridized carbons (Fsp3) is 0.364. The minimum absolute atomic E-state index is 0.0207. The second-order valence-electron chi connectivity index (χ2n) is 7.20. The Labute approximate surface area is 167 Å². The van der Waals surface area contributed by atoms with E-state index in [2.05, 4.69) is 5.32 Å². The first-order valence-electron chi connectivity index (χ1n) is 9.37.